The molecule has 0 aliphatic carbocycles. The quantitative estimate of drug-likeness (QED) is 0.761. The van der Waals surface area contributed by atoms with Gasteiger partial charge in [0.25, 0.3) is 0 Å². The lowest BCUT2D eigenvalue weighted by molar-refractivity contribution is 0.105. The highest BCUT2D eigenvalue weighted by Gasteiger charge is 2.35. The van der Waals surface area contributed by atoms with Gasteiger partial charge in [0.05, 0.1) is 18.1 Å². The van der Waals surface area contributed by atoms with Crippen molar-refractivity contribution in [3.05, 3.63) is 29.3 Å². The number of alkyl halides is 1. The highest BCUT2D eigenvalue weighted by atomic mass is 35.5. The average molecular weight is 281 g/mol. The molecule has 0 saturated carbocycles. The summed E-state index contributed by atoms with van der Waals surface area (Å²) in [5, 5.41) is 0.0270. The second-order valence-electron chi connectivity index (χ2n) is 6.36. The van der Waals surface area contributed by atoms with E-state index in [2.05, 4.69) is 39.0 Å². The van der Waals surface area contributed by atoms with Crippen molar-refractivity contribution in [1.82, 2.24) is 0 Å². The van der Waals surface area contributed by atoms with Gasteiger partial charge in [-0.3, -0.25) is 0 Å². The molecular weight excluding hydrogens is 260 g/mol. The SMILES string of the molecule is CC1OCCC1C(Cl)c1ccc2c(c1)C(C)(C)CO2. The normalized spacial score (nSPS) is 29.9. The molecule has 3 unspecified atom stereocenters. The first-order valence-electron chi connectivity index (χ1n) is 7.02. The molecule has 3 atom stereocenters. The van der Waals surface area contributed by atoms with Crippen LogP contribution in [0.3, 0.4) is 0 Å². The molecule has 1 fully saturated rings. The van der Waals surface area contributed by atoms with Crippen molar-refractivity contribution >= 4 is 11.6 Å². The smallest absolute Gasteiger partial charge is 0.123 e. The maximum atomic E-state index is 6.68. The Labute approximate surface area is 120 Å². The second-order valence-corrected chi connectivity index (χ2v) is 6.83. The molecule has 19 heavy (non-hydrogen) atoms. The standard InChI is InChI=1S/C16H21ClO2/c1-10-12(6-7-18-10)15(17)11-4-5-14-13(8-11)16(2,3)9-19-14/h4-5,8,10,12,15H,6-7,9H2,1-3H3. The fourth-order valence-electron chi connectivity index (χ4n) is 3.09. The highest BCUT2D eigenvalue weighted by Crippen LogP contribution is 2.43. The van der Waals surface area contributed by atoms with Gasteiger partial charge in [-0.05, 0) is 31.0 Å². The Morgan fingerprint density at radius 3 is 2.84 bits per heavy atom. The molecule has 3 rings (SSSR count). The summed E-state index contributed by atoms with van der Waals surface area (Å²) in [6.45, 7) is 8.13. The van der Waals surface area contributed by atoms with Crippen LogP contribution in [0.15, 0.2) is 18.2 Å². The van der Waals surface area contributed by atoms with E-state index in [4.69, 9.17) is 21.1 Å². The largest absolute Gasteiger partial charge is 0.492 e. The first kappa shape index (κ1) is 13.3. The Bertz CT molecular complexity index is 484. The number of hydrogen-bond acceptors (Lipinski definition) is 2. The topological polar surface area (TPSA) is 18.5 Å². The third-order valence-corrected chi connectivity index (χ3v) is 5.03. The molecule has 0 radical (unpaired) electrons. The van der Waals surface area contributed by atoms with Crippen LogP contribution in [0, 0.1) is 5.92 Å². The molecule has 2 heterocycles. The molecular formula is C16H21ClO2. The van der Waals surface area contributed by atoms with Crippen molar-refractivity contribution in [3.8, 4) is 5.75 Å². The first-order chi connectivity index (χ1) is 8.99. The average Bonchev–Trinajstić information content (AvgIpc) is 2.93. The van der Waals surface area contributed by atoms with Gasteiger partial charge in [0.15, 0.2) is 0 Å². The molecule has 1 saturated heterocycles. The van der Waals surface area contributed by atoms with Gasteiger partial charge in [0.2, 0.25) is 0 Å². The summed E-state index contributed by atoms with van der Waals surface area (Å²) in [5.74, 6) is 1.42. The van der Waals surface area contributed by atoms with Crippen molar-refractivity contribution in [2.45, 2.75) is 44.1 Å². The Balaban J connectivity index is 1.90. The lowest BCUT2D eigenvalue weighted by Crippen LogP contribution is -2.19. The molecule has 2 aliphatic rings. The van der Waals surface area contributed by atoms with Crippen LogP contribution in [-0.4, -0.2) is 19.3 Å². The maximum Gasteiger partial charge on any atom is 0.123 e. The van der Waals surface area contributed by atoms with E-state index in [1.165, 1.54) is 11.1 Å². The fraction of sp³-hybridized carbons (Fsp3) is 0.625. The second kappa shape index (κ2) is 4.68. The molecule has 0 spiro atoms. The monoisotopic (exact) mass is 280 g/mol. The molecule has 0 aromatic heterocycles. The van der Waals surface area contributed by atoms with Gasteiger partial charge < -0.3 is 9.47 Å². The van der Waals surface area contributed by atoms with Crippen molar-refractivity contribution in [2.75, 3.05) is 13.2 Å². The molecule has 0 N–H and O–H groups in total. The first-order valence-corrected chi connectivity index (χ1v) is 7.45. The van der Waals surface area contributed by atoms with Crippen molar-refractivity contribution < 1.29 is 9.47 Å². The lowest BCUT2D eigenvalue weighted by atomic mass is 9.84. The maximum absolute atomic E-state index is 6.68. The predicted molar refractivity (Wildman–Crippen MR) is 77.1 cm³/mol. The Morgan fingerprint density at radius 1 is 1.37 bits per heavy atom. The summed E-state index contributed by atoms with van der Waals surface area (Å²) in [5.41, 5.74) is 2.56. The molecule has 1 aromatic carbocycles. The van der Waals surface area contributed by atoms with Gasteiger partial charge in [-0.2, -0.15) is 0 Å². The van der Waals surface area contributed by atoms with Crippen LogP contribution in [0.25, 0.3) is 0 Å². The Kier molecular flexibility index (Phi) is 3.26. The van der Waals surface area contributed by atoms with Crippen LogP contribution >= 0.6 is 11.6 Å². The predicted octanol–water partition coefficient (Wildman–Crippen LogP) is 4.06. The van der Waals surface area contributed by atoms with Gasteiger partial charge in [-0.25, -0.2) is 0 Å². The number of benzene rings is 1. The Morgan fingerprint density at radius 2 is 2.16 bits per heavy atom. The third-order valence-electron chi connectivity index (χ3n) is 4.45. The molecule has 2 aliphatic heterocycles. The number of halogens is 1. The van der Waals surface area contributed by atoms with Gasteiger partial charge in [0, 0.05) is 23.5 Å². The van der Waals surface area contributed by atoms with Crippen LogP contribution in [0.5, 0.6) is 5.75 Å². The molecule has 0 amide bonds. The zero-order valence-corrected chi connectivity index (χ0v) is 12.5. The third kappa shape index (κ3) is 2.25. The van der Waals surface area contributed by atoms with E-state index in [9.17, 15) is 0 Å². The molecule has 1 aromatic rings. The van der Waals surface area contributed by atoms with E-state index >= 15 is 0 Å². The number of fused-ring (bicyclic) bond motifs is 1. The highest BCUT2D eigenvalue weighted by molar-refractivity contribution is 6.21. The minimum Gasteiger partial charge on any atom is -0.492 e. The fourth-order valence-corrected chi connectivity index (χ4v) is 3.56. The summed E-state index contributed by atoms with van der Waals surface area (Å²) in [7, 11) is 0. The number of ether oxygens (including phenoxy) is 2. The van der Waals surface area contributed by atoms with Crippen LogP contribution in [0.4, 0.5) is 0 Å². The van der Waals surface area contributed by atoms with Gasteiger partial charge in [-0.1, -0.05) is 19.9 Å². The summed E-state index contributed by atoms with van der Waals surface area (Å²) in [4.78, 5) is 0. The van der Waals surface area contributed by atoms with E-state index in [1.54, 1.807) is 0 Å². The van der Waals surface area contributed by atoms with Crippen molar-refractivity contribution in [2.24, 2.45) is 5.92 Å². The summed E-state index contributed by atoms with van der Waals surface area (Å²) in [6, 6.07) is 6.39. The number of hydrogen-bond donors (Lipinski definition) is 0. The van der Waals surface area contributed by atoms with E-state index in [1.807, 2.05) is 0 Å². The van der Waals surface area contributed by atoms with Crippen molar-refractivity contribution in [3.63, 3.8) is 0 Å². The summed E-state index contributed by atoms with van der Waals surface area (Å²) in [6.07, 6.45) is 1.30. The van der Waals surface area contributed by atoms with E-state index in [-0.39, 0.29) is 16.9 Å². The van der Waals surface area contributed by atoms with Gasteiger partial charge in [-0.15, -0.1) is 11.6 Å². The molecule has 3 heteroatoms. The minimum atomic E-state index is 0.0270. The molecule has 2 nitrogen and oxygen atoms in total. The summed E-state index contributed by atoms with van der Waals surface area (Å²) < 4.78 is 11.4. The van der Waals surface area contributed by atoms with E-state index in [0.717, 1.165) is 25.4 Å². The minimum absolute atomic E-state index is 0.0270. The zero-order valence-electron chi connectivity index (χ0n) is 11.8. The van der Waals surface area contributed by atoms with E-state index in [0.29, 0.717) is 5.92 Å². The van der Waals surface area contributed by atoms with Gasteiger partial charge in [0.1, 0.15) is 5.75 Å². The van der Waals surface area contributed by atoms with Crippen LogP contribution in [0.2, 0.25) is 0 Å². The Hall–Kier alpha value is -0.730. The number of rotatable bonds is 2. The van der Waals surface area contributed by atoms with Gasteiger partial charge >= 0.3 is 0 Å². The van der Waals surface area contributed by atoms with Crippen LogP contribution in [-0.2, 0) is 10.2 Å². The molecule has 104 valence electrons. The van der Waals surface area contributed by atoms with Crippen LogP contribution in [0.1, 0.15) is 43.7 Å². The lowest BCUT2D eigenvalue weighted by Gasteiger charge is -2.22. The zero-order chi connectivity index (χ0) is 13.6. The van der Waals surface area contributed by atoms with Crippen LogP contribution < -0.4 is 4.74 Å². The van der Waals surface area contributed by atoms with Crippen molar-refractivity contribution in [1.29, 1.82) is 0 Å². The molecule has 0 bridgehead atoms. The van der Waals surface area contributed by atoms with E-state index < -0.39 is 0 Å². The summed E-state index contributed by atoms with van der Waals surface area (Å²) >= 11 is 6.68.